The first kappa shape index (κ1) is 9.83. The van der Waals surface area contributed by atoms with Crippen LogP contribution in [0.25, 0.3) is 0 Å². The summed E-state index contributed by atoms with van der Waals surface area (Å²) in [5.74, 6) is 2.00. The van der Waals surface area contributed by atoms with Gasteiger partial charge >= 0.3 is 0 Å². The van der Waals surface area contributed by atoms with Crippen LogP contribution in [0, 0.1) is 11.8 Å². The van der Waals surface area contributed by atoms with E-state index in [0.717, 1.165) is 11.8 Å². The van der Waals surface area contributed by atoms with E-state index in [1.165, 1.54) is 38.5 Å². The van der Waals surface area contributed by atoms with Gasteiger partial charge < -0.3 is 0 Å². The van der Waals surface area contributed by atoms with Gasteiger partial charge in [-0.3, -0.25) is 0 Å². The maximum Gasteiger partial charge on any atom is -0.0322 e. The molecule has 1 aliphatic carbocycles. The van der Waals surface area contributed by atoms with Crippen LogP contribution in [-0.4, -0.2) is 0 Å². The first-order valence-corrected chi connectivity index (χ1v) is 5.48. The summed E-state index contributed by atoms with van der Waals surface area (Å²) in [4.78, 5) is 0. The number of hydrogen-bond acceptors (Lipinski definition) is 0. The molecule has 0 radical (unpaired) electrons. The zero-order chi connectivity index (χ0) is 8.81. The highest BCUT2D eigenvalue weighted by Crippen LogP contribution is 2.32. The van der Waals surface area contributed by atoms with Gasteiger partial charge in [0.05, 0.1) is 0 Å². The summed E-state index contributed by atoms with van der Waals surface area (Å²) in [5.41, 5.74) is 0. The molecule has 0 aromatic rings. The van der Waals surface area contributed by atoms with E-state index in [2.05, 4.69) is 26.0 Å². The fourth-order valence-corrected chi connectivity index (χ4v) is 2.11. The molecule has 0 bridgehead atoms. The molecule has 0 heterocycles. The van der Waals surface area contributed by atoms with Gasteiger partial charge in [0.1, 0.15) is 0 Å². The molecule has 0 spiro atoms. The highest BCUT2D eigenvalue weighted by atomic mass is 14.2. The molecular weight excluding hydrogens is 144 g/mol. The van der Waals surface area contributed by atoms with Gasteiger partial charge in [-0.25, -0.2) is 0 Å². The van der Waals surface area contributed by atoms with Crippen molar-refractivity contribution in [1.29, 1.82) is 0 Å². The SMILES string of the molecule is CCC/C=C\CC1CCC(C)C1. The lowest BCUT2D eigenvalue weighted by atomic mass is 10.0. The third-order valence-electron chi connectivity index (χ3n) is 2.89. The van der Waals surface area contributed by atoms with E-state index in [1.807, 2.05) is 0 Å². The minimum absolute atomic E-state index is 0.995. The Kier molecular flexibility index (Phi) is 4.42. The smallest absolute Gasteiger partial charge is 0.0322 e. The minimum Gasteiger partial charge on any atom is -0.0885 e. The van der Waals surface area contributed by atoms with Crippen LogP contribution in [-0.2, 0) is 0 Å². The molecule has 0 aromatic heterocycles. The Hall–Kier alpha value is -0.260. The molecule has 1 rings (SSSR count). The van der Waals surface area contributed by atoms with Crippen molar-refractivity contribution in [3.63, 3.8) is 0 Å². The molecule has 0 amide bonds. The van der Waals surface area contributed by atoms with Crippen molar-refractivity contribution in [2.75, 3.05) is 0 Å². The molecule has 1 fully saturated rings. The highest BCUT2D eigenvalue weighted by molar-refractivity contribution is 4.86. The Bertz CT molecular complexity index is 135. The van der Waals surface area contributed by atoms with Crippen LogP contribution in [0.1, 0.15) is 52.4 Å². The average molecular weight is 166 g/mol. The summed E-state index contributed by atoms with van der Waals surface area (Å²) < 4.78 is 0. The Balaban J connectivity index is 2.07. The van der Waals surface area contributed by atoms with Crippen molar-refractivity contribution >= 4 is 0 Å². The summed E-state index contributed by atoms with van der Waals surface area (Å²) in [6.45, 7) is 4.62. The monoisotopic (exact) mass is 166 g/mol. The predicted molar refractivity (Wildman–Crippen MR) is 55.2 cm³/mol. The van der Waals surface area contributed by atoms with Gasteiger partial charge in [-0.15, -0.1) is 0 Å². The van der Waals surface area contributed by atoms with E-state index < -0.39 is 0 Å². The Labute approximate surface area is 77.1 Å². The lowest BCUT2D eigenvalue weighted by Crippen LogP contribution is -1.91. The second kappa shape index (κ2) is 5.40. The standard InChI is InChI=1S/C12H22/c1-3-4-5-6-7-12-9-8-11(2)10-12/h5-6,11-12H,3-4,7-10H2,1-2H3/b6-5-. The van der Waals surface area contributed by atoms with Crippen molar-refractivity contribution in [3.8, 4) is 0 Å². The maximum absolute atomic E-state index is 2.40. The molecule has 70 valence electrons. The van der Waals surface area contributed by atoms with Crippen LogP contribution < -0.4 is 0 Å². The lowest BCUT2D eigenvalue weighted by Gasteiger charge is -2.04. The van der Waals surface area contributed by atoms with Crippen molar-refractivity contribution in [2.45, 2.75) is 52.4 Å². The molecule has 0 N–H and O–H groups in total. The fraction of sp³-hybridized carbons (Fsp3) is 0.833. The second-order valence-corrected chi connectivity index (χ2v) is 4.28. The lowest BCUT2D eigenvalue weighted by molar-refractivity contribution is 0.521. The van der Waals surface area contributed by atoms with E-state index in [9.17, 15) is 0 Å². The summed E-state index contributed by atoms with van der Waals surface area (Å²) in [6.07, 6.45) is 13.0. The van der Waals surface area contributed by atoms with Gasteiger partial charge in [0, 0.05) is 0 Å². The molecular formula is C12H22. The van der Waals surface area contributed by atoms with Gasteiger partial charge in [-0.05, 0) is 37.5 Å². The van der Waals surface area contributed by atoms with E-state index in [0.29, 0.717) is 0 Å². The van der Waals surface area contributed by atoms with Crippen LogP contribution in [0.5, 0.6) is 0 Å². The second-order valence-electron chi connectivity index (χ2n) is 4.28. The zero-order valence-electron chi connectivity index (χ0n) is 8.55. The van der Waals surface area contributed by atoms with Gasteiger partial charge in [0.2, 0.25) is 0 Å². The van der Waals surface area contributed by atoms with Crippen molar-refractivity contribution in [1.82, 2.24) is 0 Å². The molecule has 12 heavy (non-hydrogen) atoms. The number of unbranched alkanes of at least 4 members (excludes halogenated alkanes) is 1. The van der Waals surface area contributed by atoms with Crippen LogP contribution >= 0.6 is 0 Å². The summed E-state index contributed by atoms with van der Waals surface area (Å²) in [7, 11) is 0. The van der Waals surface area contributed by atoms with Crippen LogP contribution in [0.15, 0.2) is 12.2 Å². The zero-order valence-corrected chi connectivity index (χ0v) is 8.55. The molecule has 0 heteroatoms. The number of rotatable bonds is 4. The number of hydrogen-bond donors (Lipinski definition) is 0. The molecule has 0 aliphatic heterocycles. The van der Waals surface area contributed by atoms with Crippen molar-refractivity contribution < 1.29 is 0 Å². The molecule has 0 aromatic carbocycles. The first-order valence-electron chi connectivity index (χ1n) is 5.48. The van der Waals surface area contributed by atoms with Gasteiger partial charge in [-0.1, -0.05) is 38.8 Å². The summed E-state index contributed by atoms with van der Waals surface area (Å²) >= 11 is 0. The summed E-state index contributed by atoms with van der Waals surface area (Å²) in [5, 5.41) is 0. The van der Waals surface area contributed by atoms with Crippen molar-refractivity contribution in [3.05, 3.63) is 12.2 Å². The molecule has 1 aliphatic rings. The topological polar surface area (TPSA) is 0 Å². The average Bonchev–Trinajstić information content (AvgIpc) is 2.45. The van der Waals surface area contributed by atoms with E-state index in [-0.39, 0.29) is 0 Å². The molecule has 0 saturated heterocycles. The molecule has 0 nitrogen and oxygen atoms in total. The Morgan fingerprint density at radius 2 is 2.08 bits per heavy atom. The van der Waals surface area contributed by atoms with Crippen LogP contribution in [0.2, 0.25) is 0 Å². The fourth-order valence-electron chi connectivity index (χ4n) is 2.11. The van der Waals surface area contributed by atoms with Gasteiger partial charge in [0.25, 0.3) is 0 Å². The minimum atomic E-state index is 0.995. The number of allylic oxidation sites excluding steroid dienone is 2. The first-order chi connectivity index (χ1) is 5.83. The molecule has 2 unspecified atom stereocenters. The Morgan fingerprint density at radius 1 is 1.25 bits per heavy atom. The quantitative estimate of drug-likeness (QED) is 0.550. The normalized spacial score (nSPS) is 30.2. The van der Waals surface area contributed by atoms with Gasteiger partial charge in [-0.2, -0.15) is 0 Å². The third-order valence-corrected chi connectivity index (χ3v) is 2.89. The maximum atomic E-state index is 2.40. The van der Waals surface area contributed by atoms with E-state index in [1.54, 1.807) is 0 Å². The largest absolute Gasteiger partial charge is 0.0885 e. The van der Waals surface area contributed by atoms with Crippen LogP contribution in [0.4, 0.5) is 0 Å². The third kappa shape index (κ3) is 3.42. The predicted octanol–water partition coefficient (Wildman–Crippen LogP) is 4.17. The van der Waals surface area contributed by atoms with Crippen LogP contribution in [0.3, 0.4) is 0 Å². The Morgan fingerprint density at radius 3 is 2.67 bits per heavy atom. The van der Waals surface area contributed by atoms with Crippen molar-refractivity contribution in [2.24, 2.45) is 11.8 Å². The van der Waals surface area contributed by atoms with E-state index >= 15 is 0 Å². The van der Waals surface area contributed by atoms with Gasteiger partial charge in [0.15, 0.2) is 0 Å². The highest BCUT2D eigenvalue weighted by Gasteiger charge is 2.19. The summed E-state index contributed by atoms with van der Waals surface area (Å²) in [6, 6.07) is 0. The molecule has 1 saturated carbocycles. The van der Waals surface area contributed by atoms with E-state index in [4.69, 9.17) is 0 Å². The molecule has 2 atom stereocenters.